The molecule has 1 aliphatic heterocycles. The van der Waals surface area contributed by atoms with Gasteiger partial charge >= 0.3 is 6.09 Å². The molecule has 3 aromatic carbocycles. The minimum Gasteiger partial charge on any atom is -0.444 e. The van der Waals surface area contributed by atoms with Crippen LogP contribution in [0.3, 0.4) is 0 Å². The summed E-state index contributed by atoms with van der Waals surface area (Å²) in [6, 6.07) is 17.4. The lowest BCUT2D eigenvalue weighted by molar-refractivity contribution is -0.139. The summed E-state index contributed by atoms with van der Waals surface area (Å²) in [5.41, 5.74) is 0.457. The van der Waals surface area contributed by atoms with Crippen molar-refractivity contribution in [1.29, 1.82) is 0 Å². The second-order valence-electron chi connectivity index (χ2n) is 13.1. The van der Waals surface area contributed by atoms with Crippen molar-refractivity contribution in [2.24, 2.45) is 0 Å². The van der Waals surface area contributed by atoms with E-state index in [1.54, 1.807) is 82.0 Å². The van der Waals surface area contributed by atoms with Gasteiger partial charge in [0, 0.05) is 42.9 Å². The van der Waals surface area contributed by atoms with Crippen molar-refractivity contribution in [3.05, 3.63) is 94.8 Å². The van der Waals surface area contributed by atoms with Gasteiger partial charge in [0.15, 0.2) is 0 Å². The summed E-state index contributed by atoms with van der Waals surface area (Å²) >= 11 is 5.90. The van der Waals surface area contributed by atoms with Crippen LogP contribution in [-0.4, -0.2) is 50.0 Å². The first-order valence-electron chi connectivity index (χ1n) is 15.9. The van der Waals surface area contributed by atoms with Crippen LogP contribution in [0.2, 0.25) is 5.02 Å². The number of benzene rings is 3. The van der Waals surface area contributed by atoms with Crippen LogP contribution in [0, 0.1) is 11.6 Å². The summed E-state index contributed by atoms with van der Waals surface area (Å²) in [6.07, 6.45) is -0.284. The van der Waals surface area contributed by atoms with Crippen LogP contribution in [-0.2, 0) is 33.8 Å². The van der Waals surface area contributed by atoms with Crippen molar-refractivity contribution < 1.29 is 27.9 Å². The second-order valence-corrected chi connectivity index (χ2v) is 13.5. The molecular formula is C36H39ClF2N6O4. The molecule has 5 rings (SSSR count). The summed E-state index contributed by atoms with van der Waals surface area (Å²) < 4.78 is 36.1. The Kier molecular flexibility index (Phi) is 10.3. The number of amides is 3. The molecule has 10 nitrogen and oxygen atoms in total. The molecule has 3 N–H and O–H groups in total. The summed E-state index contributed by atoms with van der Waals surface area (Å²) in [5.74, 6) is -0.537. The Morgan fingerprint density at radius 1 is 0.959 bits per heavy atom. The maximum absolute atomic E-state index is 14.4. The van der Waals surface area contributed by atoms with Crippen LogP contribution in [0.1, 0.15) is 52.4 Å². The molecule has 0 fully saturated rings. The molecule has 49 heavy (non-hydrogen) atoms. The molecule has 0 radical (unpaired) electrons. The SMILES string of the molecule is CCC(=O)Nc1ccc(CC(C)(NC(=O)OC(C)(C)C)C(=O)N2CCn3c(nc(-c4cccc(F)c4)c3Nc3ccc(Cl)c(F)c3)C2)cc1. The Morgan fingerprint density at radius 2 is 1.67 bits per heavy atom. The Balaban J connectivity index is 1.46. The molecule has 1 aliphatic rings. The molecule has 1 atom stereocenters. The first-order chi connectivity index (χ1) is 23.1. The van der Waals surface area contributed by atoms with Crippen molar-refractivity contribution in [2.75, 3.05) is 17.2 Å². The van der Waals surface area contributed by atoms with Crippen molar-refractivity contribution in [3.8, 4) is 11.3 Å². The highest BCUT2D eigenvalue weighted by Crippen LogP contribution is 2.35. The van der Waals surface area contributed by atoms with E-state index in [2.05, 4.69) is 16.0 Å². The number of hydrogen-bond donors (Lipinski definition) is 3. The number of carbonyl (C=O) groups excluding carboxylic acids is 3. The number of nitrogens with one attached hydrogen (secondary N) is 3. The van der Waals surface area contributed by atoms with Crippen molar-refractivity contribution in [2.45, 2.75) is 71.7 Å². The quantitative estimate of drug-likeness (QED) is 0.168. The summed E-state index contributed by atoms with van der Waals surface area (Å²) in [7, 11) is 0. The number of halogens is 3. The molecule has 3 amide bonds. The third-order valence-corrected chi connectivity index (χ3v) is 8.21. The number of nitrogens with zero attached hydrogens (tertiary/aromatic N) is 3. The van der Waals surface area contributed by atoms with Gasteiger partial charge in [0.1, 0.15) is 40.1 Å². The predicted octanol–water partition coefficient (Wildman–Crippen LogP) is 7.44. The van der Waals surface area contributed by atoms with Gasteiger partial charge in [-0.15, -0.1) is 0 Å². The summed E-state index contributed by atoms with van der Waals surface area (Å²) in [5, 5.41) is 8.81. The molecule has 0 bridgehead atoms. The van der Waals surface area contributed by atoms with Gasteiger partial charge in [-0.05, 0) is 75.7 Å². The Hall–Kier alpha value is -4.97. The van der Waals surface area contributed by atoms with Gasteiger partial charge in [-0.1, -0.05) is 42.8 Å². The molecule has 4 aromatic rings. The zero-order valence-electron chi connectivity index (χ0n) is 28.0. The number of alkyl carbamates (subject to hydrolysis) is 1. The number of fused-ring (bicyclic) bond motifs is 1. The van der Waals surface area contributed by atoms with Crippen molar-refractivity contribution >= 4 is 46.7 Å². The minimum atomic E-state index is -1.43. The molecule has 0 saturated carbocycles. The lowest BCUT2D eigenvalue weighted by atomic mass is 9.90. The fourth-order valence-corrected chi connectivity index (χ4v) is 5.71. The van der Waals surface area contributed by atoms with Crippen LogP contribution in [0.15, 0.2) is 66.7 Å². The smallest absolute Gasteiger partial charge is 0.408 e. The highest BCUT2D eigenvalue weighted by Gasteiger charge is 2.41. The Labute approximate surface area is 288 Å². The average molecular weight is 693 g/mol. The van der Waals surface area contributed by atoms with Gasteiger partial charge in [-0.2, -0.15) is 0 Å². The highest BCUT2D eigenvalue weighted by atomic mass is 35.5. The number of ether oxygens (including phenoxy) is 1. The van der Waals surface area contributed by atoms with E-state index in [0.29, 0.717) is 47.2 Å². The minimum absolute atomic E-state index is 0.0254. The molecule has 0 saturated heterocycles. The van der Waals surface area contributed by atoms with Gasteiger partial charge in [-0.3, -0.25) is 9.59 Å². The van der Waals surface area contributed by atoms with E-state index in [-0.39, 0.29) is 36.3 Å². The van der Waals surface area contributed by atoms with Gasteiger partial charge in [0.05, 0.1) is 11.6 Å². The zero-order valence-corrected chi connectivity index (χ0v) is 28.8. The van der Waals surface area contributed by atoms with Crippen molar-refractivity contribution in [1.82, 2.24) is 19.8 Å². The number of carbonyl (C=O) groups is 3. The monoisotopic (exact) mass is 692 g/mol. The average Bonchev–Trinajstić information content (AvgIpc) is 3.39. The predicted molar refractivity (Wildman–Crippen MR) is 185 cm³/mol. The lowest BCUT2D eigenvalue weighted by Crippen LogP contribution is -2.60. The maximum Gasteiger partial charge on any atom is 0.408 e. The number of imidazole rings is 1. The third kappa shape index (κ3) is 8.55. The Morgan fingerprint density at radius 3 is 2.33 bits per heavy atom. The topological polar surface area (TPSA) is 118 Å². The first-order valence-corrected chi connectivity index (χ1v) is 16.3. The van der Waals surface area contributed by atoms with Gasteiger partial charge in [0.2, 0.25) is 11.8 Å². The molecule has 2 heterocycles. The molecule has 0 aliphatic carbocycles. The fourth-order valence-electron chi connectivity index (χ4n) is 5.59. The molecule has 13 heteroatoms. The van der Waals surface area contributed by atoms with Crippen molar-refractivity contribution in [3.63, 3.8) is 0 Å². The van der Waals surface area contributed by atoms with Gasteiger partial charge in [0.25, 0.3) is 0 Å². The maximum atomic E-state index is 14.4. The van der Waals surface area contributed by atoms with Crippen LogP contribution < -0.4 is 16.0 Å². The molecule has 258 valence electrons. The van der Waals surface area contributed by atoms with E-state index in [9.17, 15) is 23.2 Å². The van der Waals surface area contributed by atoms with Crippen LogP contribution in [0.5, 0.6) is 0 Å². The van der Waals surface area contributed by atoms with E-state index >= 15 is 0 Å². The Bertz CT molecular complexity index is 1870. The van der Waals surface area contributed by atoms with Crippen LogP contribution in [0.25, 0.3) is 11.3 Å². The third-order valence-electron chi connectivity index (χ3n) is 7.91. The molecule has 1 aromatic heterocycles. The van der Waals surface area contributed by atoms with E-state index in [1.807, 2.05) is 4.57 Å². The molecule has 0 spiro atoms. The number of anilines is 3. The second kappa shape index (κ2) is 14.3. The number of aromatic nitrogens is 2. The lowest BCUT2D eigenvalue weighted by Gasteiger charge is -2.37. The van der Waals surface area contributed by atoms with Crippen LogP contribution in [0.4, 0.5) is 30.8 Å². The normalized spacial score (nSPS) is 14.0. The van der Waals surface area contributed by atoms with Gasteiger partial charge in [-0.25, -0.2) is 18.6 Å². The van der Waals surface area contributed by atoms with E-state index in [1.165, 1.54) is 24.3 Å². The van der Waals surface area contributed by atoms with E-state index in [4.69, 9.17) is 21.3 Å². The largest absolute Gasteiger partial charge is 0.444 e. The van der Waals surface area contributed by atoms with Gasteiger partial charge < -0.3 is 30.2 Å². The summed E-state index contributed by atoms with van der Waals surface area (Å²) in [4.78, 5) is 45.7. The van der Waals surface area contributed by atoms with E-state index < -0.39 is 28.9 Å². The molecule has 1 unspecified atom stereocenters. The number of hydrogen-bond acceptors (Lipinski definition) is 6. The first kappa shape index (κ1) is 35.3. The standard InChI is InChI=1S/C36H39ClF2N6O4/c1-6-30(46)40-25-12-10-22(11-13-25)20-36(5,43-34(48)49-35(2,3)4)33(47)44-16-17-45-29(21-44)42-31(23-8-7-9-24(38)18-23)32(45)41-26-14-15-27(37)28(39)19-26/h7-15,18-19,41H,6,16-17,20-21H2,1-5H3,(H,40,46)(H,43,48). The fraction of sp³-hybridized carbons (Fsp3) is 0.333. The number of rotatable bonds is 9. The van der Waals surface area contributed by atoms with E-state index in [0.717, 1.165) is 5.56 Å². The zero-order chi connectivity index (χ0) is 35.5. The van der Waals surface area contributed by atoms with Crippen LogP contribution >= 0.6 is 11.6 Å². The summed E-state index contributed by atoms with van der Waals surface area (Å²) in [6.45, 7) is 9.24. The molecular weight excluding hydrogens is 654 g/mol. The highest BCUT2D eigenvalue weighted by molar-refractivity contribution is 6.30.